The van der Waals surface area contributed by atoms with Crippen molar-refractivity contribution in [3.8, 4) is 0 Å². The van der Waals surface area contributed by atoms with Gasteiger partial charge in [0, 0.05) is 16.2 Å². The Hall–Kier alpha value is -3.89. The van der Waals surface area contributed by atoms with Gasteiger partial charge in [-0.05, 0) is 30.5 Å². The number of rotatable bonds is 10. The maximum absolute atomic E-state index is 12.8. The molecule has 40 heavy (non-hydrogen) atoms. The molecule has 2 aliphatic heterocycles. The second-order valence-electron chi connectivity index (χ2n) is 8.37. The summed E-state index contributed by atoms with van der Waals surface area (Å²) in [7, 11) is -4.49. The summed E-state index contributed by atoms with van der Waals surface area (Å²) in [6, 6.07) is 7.67. The van der Waals surface area contributed by atoms with Crippen LogP contribution in [0.2, 0.25) is 0 Å². The van der Waals surface area contributed by atoms with Gasteiger partial charge in [-0.2, -0.15) is 0 Å². The fourth-order valence-electron chi connectivity index (χ4n) is 4.02. The van der Waals surface area contributed by atoms with Crippen molar-refractivity contribution in [2.45, 2.75) is 29.7 Å². The molecule has 1 aromatic heterocycles. The number of sulfonamides is 1. The van der Waals surface area contributed by atoms with Gasteiger partial charge < -0.3 is 19.9 Å². The first-order valence-corrected chi connectivity index (χ1v) is 15.1. The van der Waals surface area contributed by atoms with E-state index in [4.69, 9.17) is 4.74 Å². The molecule has 0 bridgehead atoms. The summed E-state index contributed by atoms with van der Waals surface area (Å²) < 4.78 is 36.8. The third kappa shape index (κ3) is 6.13. The molecule has 3 heterocycles. The fraction of sp³-hybridized carbons (Fsp3) is 0.292. The molecule has 0 saturated carbocycles. The standard InChI is InChI=1S/C24H23N3O10S3/c1-2-36-24(33)26-40(34,35)16-8-4-3-7-15(16)23(32)37-11-13-12-39-21-18(20(29)27(21)19(13)22(30)31)25-17(28)10-14-6-5-9-38-14/h3-9,18,21H,2,10-12H2,1H3,(H,25,28)(H,26,33)(H,30,31)/t18-,21-/m1/s1. The fourth-order valence-corrected chi connectivity index (χ4v) is 7.13. The van der Waals surface area contributed by atoms with Crippen LogP contribution < -0.4 is 10.0 Å². The molecule has 212 valence electrons. The maximum Gasteiger partial charge on any atom is 0.421 e. The zero-order valence-corrected chi connectivity index (χ0v) is 23.3. The number of β-lactam (4-membered cyclic amide) rings is 1. The lowest BCUT2D eigenvalue weighted by atomic mass is 10.0. The maximum atomic E-state index is 12.8. The number of nitrogens with zero attached hydrogens (tertiary/aromatic N) is 1. The molecule has 0 radical (unpaired) electrons. The van der Waals surface area contributed by atoms with E-state index >= 15 is 0 Å². The number of benzene rings is 1. The minimum atomic E-state index is -4.49. The summed E-state index contributed by atoms with van der Waals surface area (Å²) in [4.78, 5) is 63.1. The minimum absolute atomic E-state index is 0.0744. The predicted molar refractivity (Wildman–Crippen MR) is 142 cm³/mol. The average Bonchev–Trinajstić information content (AvgIpc) is 3.42. The Morgan fingerprint density at radius 1 is 1.12 bits per heavy atom. The highest BCUT2D eigenvalue weighted by molar-refractivity contribution is 8.00. The average molecular weight is 610 g/mol. The van der Waals surface area contributed by atoms with E-state index in [-0.39, 0.29) is 36.0 Å². The van der Waals surface area contributed by atoms with E-state index < -0.39 is 62.4 Å². The lowest BCUT2D eigenvalue weighted by Gasteiger charge is -2.49. The number of thioether (sulfide) groups is 1. The number of hydrogen-bond donors (Lipinski definition) is 3. The van der Waals surface area contributed by atoms with Gasteiger partial charge in [-0.1, -0.05) is 18.2 Å². The second kappa shape index (κ2) is 12.1. The van der Waals surface area contributed by atoms with Crippen LogP contribution in [-0.4, -0.2) is 78.7 Å². The minimum Gasteiger partial charge on any atom is -0.477 e. The molecule has 1 fully saturated rings. The molecule has 1 saturated heterocycles. The van der Waals surface area contributed by atoms with Crippen molar-refractivity contribution in [2.75, 3.05) is 19.0 Å². The molecule has 0 spiro atoms. The molecule has 16 heteroatoms. The van der Waals surface area contributed by atoms with Gasteiger partial charge in [0.2, 0.25) is 5.91 Å². The highest BCUT2D eigenvalue weighted by atomic mass is 32.2. The summed E-state index contributed by atoms with van der Waals surface area (Å²) in [5, 5.41) is 13.7. The van der Waals surface area contributed by atoms with Gasteiger partial charge >= 0.3 is 18.0 Å². The van der Waals surface area contributed by atoms with Crippen LogP contribution >= 0.6 is 23.1 Å². The lowest BCUT2D eigenvalue weighted by molar-refractivity contribution is -0.150. The number of hydrogen-bond acceptors (Lipinski definition) is 11. The van der Waals surface area contributed by atoms with E-state index in [0.29, 0.717) is 0 Å². The molecule has 3 amide bonds. The van der Waals surface area contributed by atoms with Crippen LogP contribution in [0.5, 0.6) is 0 Å². The topological polar surface area (TPSA) is 185 Å². The molecule has 2 atom stereocenters. The van der Waals surface area contributed by atoms with E-state index in [1.807, 2.05) is 5.38 Å². The van der Waals surface area contributed by atoms with E-state index in [1.54, 1.807) is 16.9 Å². The van der Waals surface area contributed by atoms with Gasteiger partial charge in [0.1, 0.15) is 28.6 Å². The Kier molecular flexibility index (Phi) is 8.80. The van der Waals surface area contributed by atoms with Gasteiger partial charge in [0.25, 0.3) is 15.9 Å². The summed E-state index contributed by atoms with van der Waals surface area (Å²) in [6.07, 6.45) is -1.13. The van der Waals surface area contributed by atoms with Gasteiger partial charge in [-0.25, -0.2) is 27.5 Å². The molecular formula is C24H23N3O10S3. The number of nitrogens with one attached hydrogen (secondary N) is 2. The van der Waals surface area contributed by atoms with Crippen molar-refractivity contribution in [3.05, 3.63) is 63.5 Å². The smallest absolute Gasteiger partial charge is 0.421 e. The number of fused-ring (bicyclic) bond motifs is 1. The van der Waals surface area contributed by atoms with Crippen LogP contribution in [0.4, 0.5) is 4.79 Å². The lowest BCUT2D eigenvalue weighted by Crippen LogP contribution is -2.70. The van der Waals surface area contributed by atoms with E-state index in [1.165, 1.54) is 48.2 Å². The number of thiophene rings is 1. The van der Waals surface area contributed by atoms with Crippen LogP contribution in [0.25, 0.3) is 0 Å². The molecule has 0 unspecified atom stereocenters. The number of carboxylic acid groups (broad SMARTS) is 1. The van der Waals surface area contributed by atoms with Crippen LogP contribution in [0, 0.1) is 0 Å². The molecule has 1 aromatic carbocycles. The van der Waals surface area contributed by atoms with Gasteiger partial charge in [0.15, 0.2) is 0 Å². The molecule has 13 nitrogen and oxygen atoms in total. The SMILES string of the molecule is CCOC(=O)NS(=O)(=O)c1ccccc1C(=O)OCC1=C(C(=O)O)N2C(=O)[C@@H](NC(=O)Cc3cccs3)[C@H]2SC1. The monoisotopic (exact) mass is 609 g/mol. The molecule has 4 rings (SSSR count). The Labute approximate surface area is 236 Å². The zero-order valence-electron chi connectivity index (χ0n) is 20.8. The predicted octanol–water partition coefficient (Wildman–Crippen LogP) is 1.32. The first kappa shape index (κ1) is 29.1. The summed E-state index contributed by atoms with van der Waals surface area (Å²) in [6.45, 7) is 0.867. The van der Waals surface area contributed by atoms with Crippen LogP contribution in [0.1, 0.15) is 22.2 Å². The van der Waals surface area contributed by atoms with E-state index in [9.17, 15) is 37.5 Å². The number of esters is 1. The largest absolute Gasteiger partial charge is 0.477 e. The molecule has 0 aliphatic carbocycles. The van der Waals surface area contributed by atoms with E-state index in [2.05, 4.69) is 10.1 Å². The van der Waals surface area contributed by atoms with E-state index in [0.717, 1.165) is 15.8 Å². The second-order valence-corrected chi connectivity index (χ2v) is 12.2. The number of carbonyl (C=O) groups excluding carboxylic acids is 4. The number of aliphatic carboxylic acids is 1. The van der Waals surface area contributed by atoms with Crippen LogP contribution in [0.3, 0.4) is 0 Å². The number of ether oxygens (including phenoxy) is 2. The molecule has 2 aliphatic rings. The Morgan fingerprint density at radius 3 is 2.55 bits per heavy atom. The van der Waals surface area contributed by atoms with Crippen molar-refractivity contribution in [1.82, 2.24) is 14.9 Å². The summed E-state index contributed by atoms with van der Waals surface area (Å²) >= 11 is 2.59. The Balaban J connectivity index is 1.46. The first-order valence-electron chi connectivity index (χ1n) is 11.7. The van der Waals surface area contributed by atoms with Crippen molar-refractivity contribution in [2.24, 2.45) is 0 Å². The molecule has 2 aromatic rings. The molecule has 3 N–H and O–H groups in total. The molecular weight excluding hydrogens is 586 g/mol. The van der Waals surface area contributed by atoms with Gasteiger partial charge in [-0.3, -0.25) is 14.5 Å². The van der Waals surface area contributed by atoms with Crippen molar-refractivity contribution in [3.63, 3.8) is 0 Å². The van der Waals surface area contributed by atoms with Gasteiger partial charge in [0.05, 0.1) is 18.6 Å². The Morgan fingerprint density at radius 2 is 1.88 bits per heavy atom. The van der Waals surface area contributed by atoms with Crippen molar-refractivity contribution < 1.29 is 47.0 Å². The quantitative estimate of drug-likeness (QED) is 0.261. The highest BCUT2D eigenvalue weighted by Crippen LogP contribution is 2.40. The third-order valence-electron chi connectivity index (χ3n) is 5.75. The van der Waals surface area contributed by atoms with Crippen molar-refractivity contribution in [1.29, 1.82) is 0 Å². The number of carboxylic acids is 1. The van der Waals surface area contributed by atoms with Crippen LogP contribution in [-0.2, 0) is 40.3 Å². The third-order valence-corrected chi connectivity index (χ3v) is 9.33. The van der Waals surface area contributed by atoms with Crippen LogP contribution in [0.15, 0.2) is 57.9 Å². The summed E-state index contributed by atoms with van der Waals surface area (Å²) in [5.74, 6) is -3.42. The normalized spacial score (nSPS) is 18.3. The number of carbonyl (C=O) groups is 5. The Bertz CT molecular complexity index is 1490. The zero-order chi connectivity index (χ0) is 29.0. The van der Waals surface area contributed by atoms with Crippen molar-refractivity contribution >= 4 is 63.0 Å². The van der Waals surface area contributed by atoms with Gasteiger partial charge in [-0.15, -0.1) is 23.1 Å². The summed E-state index contributed by atoms with van der Waals surface area (Å²) in [5.41, 5.74) is -0.648. The number of amides is 3. The highest BCUT2D eigenvalue weighted by Gasteiger charge is 2.54. The first-order chi connectivity index (χ1) is 19.0.